The minimum Gasteiger partial charge on any atom is -0.495 e. The van der Waals surface area contributed by atoms with Gasteiger partial charge >= 0.3 is 0 Å². The fourth-order valence-electron chi connectivity index (χ4n) is 2.20. The summed E-state index contributed by atoms with van der Waals surface area (Å²) >= 11 is 7.35. The zero-order valence-electron chi connectivity index (χ0n) is 15.0. The first-order valence-electron chi connectivity index (χ1n) is 8.19. The third kappa shape index (κ3) is 6.34. The molecule has 0 fully saturated rings. The average Bonchev–Trinajstić information content (AvgIpc) is 2.63. The van der Waals surface area contributed by atoms with E-state index in [1.807, 2.05) is 6.92 Å². The van der Waals surface area contributed by atoms with Gasteiger partial charge in [-0.25, -0.2) is 8.42 Å². The molecular formula is C18H21ClN2O4S2. The Morgan fingerprint density at radius 1 is 1.15 bits per heavy atom. The maximum Gasteiger partial charge on any atom is 0.265 e. The van der Waals surface area contributed by atoms with E-state index in [4.69, 9.17) is 16.3 Å². The highest BCUT2D eigenvalue weighted by Crippen LogP contribution is 2.29. The average molecular weight is 429 g/mol. The minimum atomic E-state index is -3.92. The summed E-state index contributed by atoms with van der Waals surface area (Å²) in [6.45, 7) is 2.04. The van der Waals surface area contributed by atoms with E-state index < -0.39 is 10.0 Å². The maximum absolute atomic E-state index is 12.8. The molecule has 0 unspecified atom stereocenters. The van der Waals surface area contributed by atoms with Crippen molar-refractivity contribution in [1.82, 2.24) is 0 Å². The van der Waals surface area contributed by atoms with E-state index in [0.29, 0.717) is 22.2 Å². The molecule has 9 heteroatoms. The Kier molecular flexibility index (Phi) is 7.82. The number of sulfonamides is 1. The van der Waals surface area contributed by atoms with E-state index in [0.717, 1.165) is 12.2 Å². The third-order valence-electron chi connectivity index (χ3n) is 3.41. The summed E-state index contributed by atoms with van der Waals surface area (Å²) in [6.07, 6.45) is 0.985. The standard InChI is InChI=1S/C18H21ClN2O4S2/c1-3-10-26-12-18(22)20-15-8-9-16(25-2)17(11-15)27(23,24)21-14-6-4-13(19)5-7-14/h4-9,11,21H,3,10,12H2,1-2H3,(H,20,22). The van der Waals surface area contributed by atoms with E-state index >= 15 is 0 Å². The number of carbonyl (C=O) groups is 1. The summed E-state index contributed by atoms with van der Waals surface area (Å²) < 4.78 is 33.2. The topological polar surface area (TPSA) is 84.5 Å². The Balaban J connectivity index is 2.23. The Morgan fingerprint density at radius 2 is 1.81 bits per heavy atom. The van der Waals surface area contributed by atoms with Crippen LogP contribution >= 0.6 is 23.4 Å². The molecule has 27 heavy (non-hydrogen) atoms. The second kappa shape index (κ2) is 9.87. The van der Waals surface area contributed by atoms with Crippen molar-refractivity contribution in [3.63, 3.8) is 0 Å². The number of amides is 1. The summed E-state index contributed by atoms with van der Waals surface area (Å²) in [5.74, 6) is 1.19. The smallest absolute Gasteiger partial charge is 0.265 e. The number of carbonyl (C=O) groups excluding carboxylic acids is 1. The van der Waals surface area contributed by atoms with Crippen LogP contribution in [0.2, 0.25) is 5.02 Å². The Bertz CT molecular complexity index is 887. The molecule has 146 valence electrons. The van der Waals surface area contributed by atoms with Crippen molar-refractivity contribution in [2.24, 2.45) is 0 Å². The van der Waals surface area contributed by atoms with Gasteiger partial charge in [-0.3, -0.25) is 9.52 Å². The van der Waals surface area contributed by atoms with Crippen molar-refractivity contribution in [2.45, 2.75) is 18.2 Å². The Morgan fingerprint density at radius 3 is 2.44 bits per heavy atom. The summed E-state index contributed by atoms with van der Waals surface area (Å²) in [7, 11) is -2.54. The van der Waals surface area contributed by atoms with Gasteiger partial charge in [-0.05, 0) is 54.6 Å². The van der Waals surface area contributed by atoms with Gasteiger partial charge in [-0.2, -0.15) is 11.8 Å². The fourth-order valence-corrected chi connectivity index (χ4v) is 4.27. The number of methoxy groups -OCH3 is 1. The molecule has 0 heterocycles. The quantitative estimate of drug-likeness (QED) is 0.584. The van der Waals surface area contributed by atoms with E-state index in [1.165, 1.54) is 31.0 Å². The number of halogens is 1. The number of thioether (sulfide) groups is 1. The third-order valence-corrected chi connectivity index (χ3v) is 6.23. The molecule has 6 nitrogen and oxygen atoms in total. The number of hydrogen-bond donors (Lipinski definition) is 2. The highest BCUT2D eigenvalue weighted by molar-refractivity contribution is 7.99. The van der Waals surface area contributed by atoms with E-state index in [2.05, 4.69) is 10.0 Å². The highest BCUT2D eigenvalue weighted by Gasteiger charge is 2.21. The number of anilines is 2. The second-order valence-electron chi connectivity index (χ2n) is 5.58. The molecule has 0 radical (unpaired) electrons. The first-order valence-corrected chi connectivity index (χ1v) is 11.2. The lowest BCUT2D eigenvalue weighted by atomic mass is 10.3. The summed E-state index contributed by atoms with van der Waals surface area (Å²) in [6, 6.07) is 10.8. The number of nitrogens with one attached hydrogen (secondary N) is 2. The Labute approximate surface area is 168 Å². The first kappa shape index (κ1) is 21.4. The molecule has 2 N–H and O–H groups in total. The van der Waals surface area contributed by atoms with Crippen molar-refractivity contribution in [1.29, 1.82) is 0 Å². The van der Waals surface area contributed by atoms with Gasteiger partial charge in [0.1, 0.15) is 10.6 Å². The minimum absolute atomic E-state index is 0.0704. The number of benzene rings is 2. The fraction of sp³-hybridized carbons (Fsp3) is 0.278. The second-order valence-corrected chi connectivity index (χ2v) is 8.77. The zero-order chi connectivity index (χ0) is 19.9. The molecule has 2 rings (SSSR count). The molecule has 0 aromatic heterocycles. The largest absolute Gasteiger partial charge is 0.495 e. The SMILES string of the molecule is CCCSCC(=O)Nc1ccc(OC)c(S(=O)(=O)Nc2ccc(Cl)cc2)c1. The lowest BCUT2D eigenvalue weighted by molar-refractivity contribution is -0.113. The van der Waals surface area contributed by atoms with Crippen LogP contribution in [0.1, 0.15) is 13.3 Å². The van der Waals surface area contributed by atoms with Crippen LogP contribution < -0.4 is 14.8 Å². The van der Waals surface area contributed by atoms with Crippen molar-refractivity contribution in [3.8, 4) is 5.75 Å². The van der Waals surface area contributed by atoms with Gasteiger partial charge < -0.3 is 10.1 Å². The predicted octanol–water partition coefficient (Wildman–Crippen LogP) is 4.23. The summed E-state index contributed by atoms with van der Waals surface area (Å²) in [5.41, 5.74) is 0.751. The van der Waals surface area contributed by atoms with Gasteiger partial charge in [0.25, 0.3) is 10.0 Å². The van der Waals surface area contributed by atoms with Crippen LogP contribution in [0.15, 0.2) is 47.4 Å². The van der Waals surface area contributed by atoms with Crippen LogP contribution in [0.3, 0.4) is 0 Å². The molecular weight excluding hydrogens is 408 g/mol. The van der Waals surface area contributed by atoms with Crippen molar-refractivity contribution >= 4 is 50.7 Å². The van der Waals surface area contributed by atoms with Gasteiger partial charge in [0.05, 0.1) is 12.9 Å². The normalized spacial score (nSPS) is 11.1. The monoisotopic (exact) mass is 428 g/mol. The van der Waals surface area contributed by atoms with E-state index in [9.17, 15) is 13.2 Å². The van der Waals surface area contributed by atoms with Gasteiger partial charge in [-0.15, -0.1) is 0 Å². The molecule has 0 aliphatic rings. The lowest BCUT2D eigenvalue weighted by Crippen LogP contribution is -2.17. The van der Waals surface area contributed by atoms with Gasteiger partial charge in [0.2, 0.25) is 5.91 Å². The molecule has 2 aromatic rings. The van der Waals surface area contributed by atoms with Crippen LogP contribution in [0.5, 0.6) is 5.75 Å². The van der Waals surface area contributed by atoms with Crippen LogP contribution in [0.25, 0.3) is 0 Å². The van der Waals surface area contributed by atoms with Gasteiger partial charge in [0, 0.05) is 16.4 Å². The molecule has 0 atom stereocenters. The number of rotatable bonds is 9. The summed E-state index contributed by atoms with van der Waals surface area (Å²) in [5, 5.41) is 3.21. The van der Waals surface area contributed by atoms with Crippen LogP contribution in [0.4, 0.5) is 11.4 Å². The van der Waals surface area contributed by atoms with Crippen LogP contribution in [-0.4, -0.2) is 32.9 Å². The van der Waals surface area contributed by atoms with Gasteiger partial charge in [0.15, 0.2) is 0 Å². The van der Waals surface area contributed by atoms with Crippen molar-refractivity contribution in [3.05, 3.63) is 47.5 Å². The maximum atomic E-state index is 12.8. The molecule has 0 spiro atoms. The molecule has 1 amide bonds. The molecule has 0 saturated carbocycles. The van der Waals surface area contributed by atoms with Gasteiger partial charge in [-0.1, -0.05) is 18.5 Å². The molecule has 0 aliphatic heterocycles. The zero-order valence-corrected chi connectivity index (χ0v) is 17.4. The molecule has 0 bridgehead atoms. The van der Waals surface area contributed by atoms with E-state index in [1.54, 1.807) is 30.3 Å². The van der Waals surface area contributed by atoms with Crippen LogP contribution in [-0.2, 0) is 14.8 Å². The molecule has 2 aromatic carbocycles. The number of hydrogen-bond acceptors (Lipinski definition) is 5. The van der Waals surface area contributed by atoms with E-state index in [-0.39, 0.29) is 16.6 Å². The van der Waals surface area contributed by atoms with Crippen molar-refractivity contribution < 1.29 is 17.9 Å². The number of ether oxygens (including phenoxy) is 1. The first-order chi connectivity index (χ1) is 12.9. The van der Waals surface area contributed by atoms with Crippen LogP contribution in [0, 0.1) is 0 Å². The highest BCUT2D eigenvalue weighted by atomic mass is 35.5. The lowest BCUT2D eigenvalue weighted by Gasteiger charge is -2.14. The predicted molar refractivity (Wildman–Crippen MR) is 112 cm³/mol. The summed E-state index contributed by atoms with van der Waals surface area (Å²) in [4.78, 5) is 11.9. The molecule has 0 aliphatic carbocycles. The Hall–Kier alpha value is -1.90. The molecule has 0 saturated heterocycles. The van der Waals surface area contributed by atoms with Crippen molar-refractivity contribution in [2.75, 3.05) is 28.7 Å².